The number of benzene rings is 1. The second-order valence-corrected chi connectivity index (χ2v) is 7.14. The molecule has 0 bridgehead atoms. The van der Waals surface area contributed by atoms with Gasteiger partial charge in [-0.25, -0.2) is 9.67 Å². The van der Waals surface area contributed by atoms with E-state index in [0.717, 1.165) is 11.4 Å². The van der Waals surface area contributed by atoms with Crippen LogP contribution in [0.25, 0.3) is 22.9 Å². The molecule has 0 saturated carbocycles. The van der Waals surface area contributed by atoms with E-state index in [1.165, 1.54) is 0 Å². The fourth-order valence-corrected chi connectivity index (χ4v) is 3.18. The van der Waals surface area contributed by atoms with Crippen molar-refractivity contribution in [3.8, 4) is 34.4 Å². The summed E-state index contributed by atoms with van der Waals surface area (Å²) in [6, 6.07) is 5.46. The van der Waals surface area contributed by atoms with Crippen LogP contribution in [0, 0.1) is 0 Å². The summed E-state index contributed by atoms with van der Waals surface area (Å²) in [5.74, 6) is 2.18. The van der Waals surface area contributed by atoms with Gasteiger partial charge in [0.2, 0.25) is 5.95 Å². The first-order valence-electron chi connectivity index (χ1n) is 9.36. The Kier molecular flexibility index (Phi) is 4.61. The van der Waals surface area contributed by atoms with Crippen molar-refractivity contribution >= 4 is 11.9 Å². The van der Waals surface area contributed by atoms with Crippen LogP contribution >= 0.6 is 0 Å². The Morgan fingerprint density at radius 2 is 2.03 bits per heavy atom. The van der Waals surface area contributed by atoms with Gasteiger partial charge in [0.1, 0.15) is 29.6 Å². The SMILES string of the molecule is CC(C)n1nc(N)nc1-c1cn2c(n1)-c1ccc(O[C@@H](C)C(N)=O)cc1OCC2. The van der Waals surface area contributed by atoms with E-state index in [1.807, 2.05) is 30.7 Å². The molecule has 1 atom stereocenters. The molecule has 4 rings (SSSR count). The molecule has 2 aromatic heterocycles. The third kappa shape index (κ3) is 3.48. The highest BCUT2D eigenvalue weighted by Gasteiger charge is 2.23. The van der Waals surface area contributed by atoms with Crippen LogP contribution in [0.4, 0.5) is 5.95 Å². The van der Waals surface area contributed by atoms with Gasteiger partial charge in [-0.05, 0) is 32.9 Å². The van der Waals surface area contributed by atoms with E-state index in [0.29, 0.717) is 36.2 Å². The van der Waals surface area contributed by atoms with Crippen LogP contribution in [0.3, 0.4) is 0 Å². The maximum Gasteiger partial charge on any atom is 0.258 e. The fraction of sp³-hybridized carbons (Fsp3) is 0.368. The zero-order chi connectivity index (χ0) is 20.7. The number of carbonyl (C=O) groups excluding carboxylic acids is 1. The lowest BCUT2D eigenvalue weighted by Gasteiger charge is -2.13. The number of anilines is 1. The number of hydrogen-bond donors (Lipinski definition) is 2. The van der Waals surface area contributed by atoms with Crippen LogP contribution in [-0.2, 0) is 11.3 Å². The lowest BCUT2D eigenvalue weighted by molar-refractivity contribution is -0.123. The van der Waals surface area contributed by atoms with Crippen molar-refractivity contribution in [3.05, 3.63) is 24.4 Å². The van der Waals surface area contributed by atoms with Crippen LogP contribution in [0.2, 0.25) is 0 Å². The minimum Gasteiger partial charge on any atom is -0.491 e. The van der Waals surface area contributed by atoms with Crippen LogP contribution in [0.15, 0.2) is 24.4 Å². The Morgan fingerprint density at radius 1 is 1.24 bits per heavy atom. The van der Waals surface area contributed by atoms with Crippen molar-refractivity contribution < 1.29 is 14.3 Å². The van der Waals surface area contributed by atoms with Gasteiger partial charge in [-0.1, -0.05) is 0 Å². The van der Waals surface area contributed by atoms with Gasteiger partial charge in [0, 0.05) is 18.3 Å². The molecule has 0 aliphatic carbocycles. The minimum atomic E-state index is -0.736. The highest BCUT2D eigenvalue weighted by Crippen LogP contribution is 2.36. The number of nitrogens with two attached hydrogens (primary N) is 2. The number of carbonyl (C=O) groups is 1. The largest absolute Gasteiger partial charge is 0.491 e. The summed E-state index contributed by atoms with van der Waals surface area (Å²) in [5, 5.41) is 4.26. The summed E-state index contributed by atoms with van der Waals surface area (Å²) in [6.45, 7) is 6.71. The molecule has 3 heterocycles. The van der Waals surface area contributed by atoms with E-state index in [4.69, 9.17) is 25.9 Å². The van der Waals surface area contributed by atoms with E-state index >= 15 is 0 Å². The molecule has 0 fully saturated rings. The van der Waals surface area contributed by atoms with Crippen LogP contribution < -0.4 is 20.9 Å². The summed E-state index contributed by atoms with van der Waals surface area (Å²) in [5.41, 5.74) is 12.6. The average Bonchev–Trinajstić information content (AvgIpc) is 3.21. The molecule has 3 aromatic rings. The molecule has 10 nitrogen and oxygen atoms in total. The summed E-state index contributed by atoms with van der Waals surface area (Å²) in [7, 11) is 0. The van der Waals surface area contributed by atoms with Crippen molar-refractivity contribution in [1.82, 2.24) is 24.3 Å². The third-order valence-electron chi connectivity index (χ3n) is 4.64. The van der Waals surface area contributed by atoms with E-state index in [1.54, 1.807) is 23.7 Å². The predicted octanol–water partition coefficient (Wildman–Crippen LogP) is 1.62. The molecule has 10 heteroatoms. The van der Waals surface area contributed by atoms with Gasteiger partial charge in [0.25, 0.3) is 5.91 Å². The first kappa shape index (κ1) is 18.8. The maximum absolute atomic E-state index is 11.3. The maximum atomic E-state index is 11.3. The zero-order valence-electron chi connectivity index (χ0n) is 16.5. The van der Waals surface area contributed by atoms with Crippen molar-refractivity contribution in [2.75, 3.05) is 12.3 Å². The number of imidazole rings is 1. The highest BCUT2D eigenvalue weighted by atomic mass is 16.5. The standard InChI is InChI=1S/C19H23N7O3/c1-10(2)26-18(23-19(21)24-26)14-9-25-6-7-28-15-8-12(29-11(3)16(20)27)4-5-13(15)17(25)22-14/h4-5,8-11H,6-7H2,1-3H3,(H2,20,27)(H2,21,24)/t11-/m0/s1. The first-order valence-corrected chi connectivity index (χ1v) is 9.36. The smallest absolute Gasteiger partial charge is 0.258 e. The lowest BCUT2D eigenvalue weighted by atomic mass is 10.1. The molecule has 0 radical (unpaired) electrons. The van der Waals surface area contributed by atoms with Gasteiger partial charge in [-0.15, -0.1) is 5.10 Å². The topological polar surface area (TPSA) is 136 Å². The van der Waals surface area contributed by atoms with Gasteiger partial charge in [0.15, 0.2) is 11.9 Å². The number of primary amides is 1. The summed E-state index contributed by atoms with van der Waals surface area (Å²) >= 11 is 0. The van der Waals surface area contributed by atoms with Crippen molar-refractivity contribution in [3.63, 3.8) is 0 Å². The molecular formula is C19H23N7O3. The molecule has 1 aromatic carbocycles. The van der Waals surface area contributed by atoms with Crippen molar-refractivity contribution in [1.29, 1.82) is 0 Å². The van der Waals surface area contributed by atoms with Crippen LogP contribution in [0.1, 0.15) is 26.8 Å². The van der Waals surface area contributed by atoms with Gasteiger partial charge < -0.3 is 25.5 Å². The number of ether oxygens (including phenoxy) is 2. The molecular weight excluding hydrogens is 374 g/mol. The second-order valence-electron chi connectivity index (χ2n) is 7.14. The lowest BCUT2D eigenvalue weighted by Crippen LogP contribution is -2.30. The second kappa shape index (κ2) is 7.12. The zero-order valence-corrected chi connectivity index (χ0v) is 16.5. The van der Waals surface area contributed by atoms with Gasteiger partial charge in [0.05, 0.1) is 12.1 Å². The number of fused-ring (bicyclic) bond motifs is 3. The molecule has 29 heavy (non-hydrogen) atoms. The van der Waals surface area contributed by atoms with Crippen LogP contribution in [-0.4, -0.2) is 42.9 Å². The number of rotatable bonds is 5. The fourth-order valence-electron chi connectivity index (χ4n) is 3.18. The van der Waals surface area contributed by atoms with Gasteiger partial charge in [-0.2, -0.15) is 4.98 Å². The van der Waals surface area contributed by atoms with Crippen molar-refractivity contribution in [2.24, 2.45) is 5.73 Å². The van der Waals surface area contributed by atoms with Gasteiger partial charge >= 0.3 is 0 Å². The Morgan fingerprint density at radius 3 is 2.76 bits per heavy atom. The molecule has 0 saturated heterocycles. The minimum absolute atomic E-state index is 0.0962. The van der Waals surface area contributed by atoms with E-state index in [-0.39, 0.29) is 12.0 Å². The molecule has 0 unspecified atom stereocenters. The monoisotopic (exact) mass is 397 g/mol. The highest BCUT2D eigenvalue weighted by molar-refractivity contribution is 5.79. The third-order valence-corrected chi connectivity index (χ3v) is 4.64. The molecule has 1 aliphatic rings. The van der Waals surface area contributed by atoms with Gasteiger partial charge in [-0.3, -0.25) is 4.79 Å². The number of aromatic nitrogens is 5. The number of hydrogen-bond acceptors (Lipinski definition) is 7. The molecule has 1 amide bonds. The normalized spacial score (nSPS) is 13.9. The Labute approximate surface area is 167 Å². The number of amides is 1. The number of nitrogens with zero attached hydrogens (tertiary/aromatic N) is 5. The quantitative estimate of drug-likeness (QED) is 0.667. The molecule has 0 spiro atoms. The number of nitrogen functional groups attached to an aromatic ring is 1. The first-order chi connectivity index (χ1) is 13.8. The summed E-state index contributed by atoms with van der Waals surface area (Å²) in [6.07, 6.45) is 1.19. The Bertz CT molecular complexity index is 1070. The van der Waals surface area contributed by atoms with Crippen molar-refractivity contribution in [2.45, 2.75) is 39.5 Å². The van der Waals surface area contributed by atoms with E-state index in [9.17, 15) is 4.79 Å². The Balaban J connectivity index is 1.73. The Hall–Kier alpha value is -3.56. The summed E-state index contributed by atoms with van der Waals surface area (Å²) < 4.78 is 15.2. The van der Waals surface area contributed by atoms with E-state index < -0.39 is 12.0 Å². The molecule has 152 valence electrons. The predicted molar refractivity (Wildman–Crippen MR) is 106 cm³/mol. The average molecular weight is 397 g/mol. The van der Waals surface area contributed by atoms with E-state index in [2.05, 4.69) is 10.1 Å². The van der Waals surface area contributed by atoms with Crippen LogP contribution in [0.5, 0.6) is 11.5 Å². The molecule has 4 N–H and O–H groups in total. The molecule has 1 aliphatic heterocycles. The summed E-state index contributed by atoms with van der Waals surface area (Å²) in [4.78, 5) is 20.4.